The van der Waals surface area contributed by atoms with Crippen LogP contribution in [0.3, 0.4) is 0 Å². The van der Waals surface area contributed by atoms with E-state index in [1.54, 1.807) is 13.0 Å². The van der Waals surface area contributed by atoms with Gasteiger partial charge in [0.05, 0.1) is 0 Å². The smallest absolute Gasteiger partial charge is 0.252 e. The van der Waals surface area contributed by atoms with E-state index in [2.05, 4.69) is 5.32 Å². The molecule has 1 N–H and O–H groups in total. The van der Waals surface area contributed by atoms with Crippen LogP contribution in [0.15, 0.2) is 42.5 Å². The molecule has 2 aromatic rings. The molecule has 0 bridgehead atoms. The van der Waals surface area contributed by atoms with Gasteiger partial charge in [-0.05, 0) is 67.0 Å². The Hall–Kier alpha value is -2.40. The van der Waals surface area contributed by atoms with Gasteiger partial charge in [-0.3, -0.25) is 9.59 Å². The number of halogens is 2. The second-order valence-electron chi connectivity index (χ2n) is 8.31. The first kappa shape index (κ1) is 22.3. The molecule has 4 nitrogen and oxygen atoms in total. The van der Waals surface area contributed by atoms with Gasteiger partial charge in [0.1, 0.15) is 11.9 Å². The number of nitrogens with zero attached hydrogens (tertiary/aromatic N) is 1. The molecule has 2 amide bonds. The van der Waals surface area contributed by atoms with Crippen LogP contribution in [0.4, 0.5) is 4.39 Å². The molecule has 30 heavy (non-hydrogen) atoms. The van der Waals surface area contributed by atoms with Gasteiger partial charge in [0.2, 0.25) is 5.91 Å². The predicted molar refractivity (Wildman–Crippen MR) is 117 cm³/mol. The number of likely N-dealkylation sites (tertiary alicyclic amines) is 1. The Morgan fingerprint density at radius 1 is 1.10 bits per heavy atom. The van der Waals surface area contributed by atoms with Gasteiger partial charge in [-0.25, -0.2) is 4.39 Å². The lowest BCUT2D eigenvalue weighted by molar-refractivity contribution is -0.135. The lowest BCUT2D eigenvalue weighted by Gasteiger charge is -2.35. The summed E-state index contributed by atoms with van der Waals surface area (Å²) < 4.78 is 13.6. The van der Waals surface area contributed by atoms with E-state index in [-0.39, 0.29) is 17.4 Å². The highest BCUT2D eigenvalue weighted by molar-refractivity contribution is 6.30. The Bertz CT molecular complexity index is 906. The minimum atomic E-state index is -0.646. The Balaban J connectivity index is 1.65. The van der Waals surface area contributed by atoms with Crippen molar-refractivity contribution in [3.05, 3.63) is 70.0 Å². The van der Waals surface area contributed by atoms with Gasteiger partial charge in [0.25, 0.3) is 5.91 Å². The molecule has 1 atom stereocenters. The SMILES string of the molecule is Cc1ccc(F)cc1C(=O)NC(C(=O)N1CCC(c2ccc(Cl)cc2)CC1)C(C)C. The van der Waals surface area contributed by atoms with Crippen LogP contribution in [0.5, 0.6) is 0 Å². The first-order valence-electron chi connectivity index (χ1n) is 10.4. The van der Waals surface area contributed by atoms with E-state index in [0.29, 0.717) is 24.6 Å². The third-order valence-electron chi connectivity index (χ3n) is 5.81. The molecule has 0 radical (unpaired) electrons. The highest BCUT2D eigenvalue weighted by atomic mass is 35.5. The molecular formula is C24H28ClFN2O2. The summed E-state index contributed by atoms with van der Waals surface area (Å²) in [4.78, 5) is 27.7. The Morgan fingerprint density at radius 2 is 1.73 bits per heavy atom. The molecule has 0 aliphatic carbocycles. The third-order valence-corrected chi connectivity index (χ3v) is 6.06. The number of benzene rings is 2. The van der Waals surface area contributed by atoms with Crippen LogP contribution in [0.1, 0.15) is 54.1 Å². The van der Waals surface area contributed by atoms with E-state index in [0.717, 1.165) is 17.9 Å². The van der Waals surface area contributed by atoms with Crippen molar-refractivity contribution >= 4 is 23.4 Å². The summed E-state index contributed by atoms with van der Waals surface area (Å²) in [5.41, 5.74) is 2.17. The summed E-state index contributed by atoms with van der Waals surface area (Å²) in [5, 5.41) is 3.55. The molecule has 160 valence electrons. The van der Waals surface area contributed by atoms with E-state index in [1.165, 1.54) is 17.7 Å². The fourth-order valence-corrected chi connectivity index (χ4v) is 4.06. The number of amides is 2. The molecule has 1 heterocycles. The second kappa shape index (κ2) is 9.61. The zero-order chi connectivity index (χ0) is 21.8. The molecule has 1 aliphatic heterocycles. The van der Waals surface area contributed by atoms with Crippen molar-refractivity contribution in [2.75, 3.05) is 13.1 Å². The Labute approximate surface area is 182 Å². The molecule has 2 aromatic carbocycles. The highest BCUT2D eigenvalue weighted by Gasteiger charge is 2.32. The Morgan fingerprint density at radius 3 is 2.33 bits per heavy atom. The van der Waals surface area contributed by atoms with Crippen molar-refractivity contribution in [2.45, 2.75) is 45.6 Å². The minimum absolute atomic E-state index is 0.0793. The molecule has 3 rings (SSSR count). The topological polar surface area (TPSA) is 49.4 Å². The molecule has 0 aromatic heterocycles. The van der Waals surface area contributed by atoms with Crippen molar-refractivity contribution in [1.82, 2.24) is 10.2 Å². The van der Waals surface area contributed by atoms with Gasteiger partial charge >= 0.3 is 0 Å². The summed E-state index contributed by atoms with van der Waals surface area (Å²) in [6.07, 6.45) is 1.74. The van der Waals surface area contributed by atoms with E-state index in [4.69, 9.17) is 11.6 Å². The van der Waals surface area contributed by atoms with Crippen molar-refractivity contribution in [3.8, 4) is 0 Å². The van der Waals surface area contributed by atoms with Crippen molar-refractivity contribution < 1.29 is 14.0 Å². The monoisotopic (exact) mass is 430 g/mol. The molecule has 1 saturated heterocycles. The summed E-state index contributed by atoms with van der Waals surface area (Å²) in [6, 6.07) is 11.3. The van der Waals surface area contributed by atoms with Crippen LogP contribution < -0.4 is 5.32 Å². The van der Waals surface area contributed by atoms with E-state index in [1.807, 2.05) is 43.0 Å². The summed E-state index contributed by atoms with van der Waals surface area (Å²) in [7, 11) is 0. The van der Waals surface area contributed by atoms with Crippen molar-refractivity contribution in [3.63, 3.8) is 0 Å². The van der Waals surface area contributed by atoms with Crippen LogP contribution in [0.25, 0.3) is 0 Å². The highest BCUT2D eigenvalue weighted by Crippen LogP contribution is 2.29. The van der Waals surface area contributed by atoms with Gasteiger partial charge in [-0.15, -0.1) is 0 Å². The predicted octanol–water partition coefficient (Wildman–Crippen LogP) is 4.95. The van der Waals surface area contributed by atoms with Crippen LogP contribution in [-0.4, -0.2) is 35.8 Å². The number of rotatable bonds is 5. The maximum absolute atomic E-state index is 13.6. The molecule has 1 aliphatic rings. The minimum Gasteiger partial charge on any atom is -0.341 e. The average molecular weight is 431 g/mol. The van der Waals surface area contributed by atoms with Gasteiger partial charge in [0.15, 0.2) is 0 Å². The van der Waals surface area contributed by atoms with Crippen LogP contribution in [0, 0.1) is 18.7 Å². The molecule has 0 saturated carbocycles. The maximum atomic E-state index is 13.6. The van der Waals surface area contributed by atoms with Crippen LogP contribution in [0.2, 0.25) is 5.02 Å². The first-order chi connectivity index (χ1) is 14.3. The molecular weight excluding hydrogens is 403 g/mol. The number of hydrogen-bond acceptors (Lipinski definition) is 2. The van der Waals surface area contributed by atoms with Gasteiger partial charge in [-0.1, -0.05) is 43.6 Å². The first-order valence-corrected chi connectivity index (χ1v) is 10.8. The van der Waals surface area contributed by atoms with Gasteiger partial charge in [0, 0.05) is 23.7 Å². The van der Waals surface area contributed by atoms with E-state index < -0.39 is 17.8 Å². The summed E-state index contributed by atoms with van der Waals surface area (Å²) >= 11 is 5.98. The zero-order valence-corrected chi connectivity index (χ0v) is 18.4. The largest absolute Gasteiger partial charge is 0.341 e. The number of hydrogen-bond donors (Lipinski definition) is 1. The number of aryl methyl sites for hydroxylation is 1. The lowest BCUT2D eigenvalue weighted by Crippen LogP contribution is -2.53. The normalized spacial score (nSPS) is 15.9. The van der Waals surface area contributed by atoms with Gasteiger partial charge in [-0.2, -0.15) is 0 Å². The average Bonchev–Trinajstić information content (AvgIpc) is 2.73. The number of piperidine rings is 1. The fraction of sp³-hybridized carbons (Fsp3) is 0.417. The molecule has 1 fully saturated rings. The molecule has 1 unspecified atom stereocenters. The standard InChI is InChI=1S/C24H28ClFN2O2/c1-15(2)22(27-23(29)21-14-20(26)9-4-16(21)3)24(30)28-12-10-18(11-13-28)17-5-7-19(25)8-6-17/h4-9,14-15,18,22H,10-13H2,1-3H3,(H,27,29). The van der Waals surface area contributed by atoms with E-state index >= 15 is 0 Å². The van der Waals surface area contributed by atoms with Gasteiger partial charge < -0.3 is 10.2 Å². The Kier molecular flexibility index (Phi) is 7.14. The number of carbonyl (C=O) groups is 2. The molecule has 6 heteroatoms. The van der Waals surface area contributed by atoms with Crippen molar-refractivity contribution in [2.24, 2.45) is 5.92 Å². The third kappa shape index (κ3) is 5.20. The van der Waals surface area contributed by atoms with Crippen LogP contribution >= 0.6 is 11.6 Å². The summed E-state index contributed by atoms with van der Waals surface area (Å²) in [6.45, 7) is 6.85. The number of carbonyl (C=O) groups excluding carboxylic acids is 2. The second-order valence-corrected chi connectivity index (χ2v) is 8.74. The molecule has 0 spiro atoms. The lowest BCUT2D eigenvalue weighted by atomic mass is 9.89. The maximum Gasteiger partial charge on any atom is 0.252 e. The quantitative estimate of drug-likeness (QED) is 0.729. The van der Waals surface area contributed by atoms with E-state index in [9.17, 15) is 14.0 Å². The fourth-order valence-electron chi connectivity index (χ4n) is 3.94. The zero-order valence-electron chi connectivity index (χ0n) is 17.6. The van der Waals surface area contributed by atoms with Crippen LogP contribution in [-0.2, 0) is 4.79 Å². The van der Waals surface area contributed by atoms with Crippen molar-refractivity contribution in [1.29, 1.82) is 0 Å². The summed E-state index contributed by atoms with van der Waals surface area (Å²) in [5.74, 6) is -0.655. The number of nitrogens with one attached hydrogen (secondary N) is 1.